The van der Waals surface area contributed by atoms with E-state index in [9.17, 15) is 9.59 Å². The summed E-state index contributed by atoms with van der Waals surface area (Å²) in [5.74, 6) is 1.11. The minimum atomic E-state index is -0.290. The van der Waals surface area contributed by atoms with E-state index in [2.05, 4.69) is 24.4 Å². The van der Waals surface area contributed by atoms with Gasteiger partial charge < -0.3 is 19.4 Å². The van der Waals surface area contributed by atoms with Gasteiger partial charge >= 0.3 is 5.97 Å². The lowest BCUT2D eigenvalue weighted by molar-refractivity contribution is -0.143. The average molecular weight is 477 g/mol. The predicted molar refractivity (Wildman–Crippen MR) is 139 cm³/mol. The topological polar surface area (TPSA) is 71.8 Å². The largest absolute Gasteiger partial charge is 0.466 e. The Morgan fingerprint density at radius 1 is 1.09 bits per heavy atom. The number of nitrogens with one attached hydrogen (secondary N) is 1. The van der Waals surface area contributed by atoms with Gasteiger partial charge in [0.25, 0.3) is 5.91 Å². The summed E-state index contributed by atoms with van der Waals surface area (Å²) in [6.45, 7) is 4.59. The number of carbonyl (C=O) groups is 2. The molecule has 1 N–H and O–H groups in total. The Morgan fingerprint density at radius 2 is 1.80 bits per heavy atom. The van der Waals surface area contributed by atoms with Gasteiger partial charge in [0, 0.05) is 35.8 Å². The molecule has 0 radical (unpaired) electrons. The fourth-order valence-electron chi connectivity index (χ4n) is 5.06. The van der Waals surface area contributed by atoms with Gasteiger partial charge in [0.1, 0.15) is 11.3 Å². The van der Waals surface area contributed by atoms with E-state index in [0.717, 1.165) is 22.4 Å². The number of nitrogens with zero attached hydrogens (tertiary/aromatic N) is 1. The van der Waals surface area contributed by atoms with Crippen LogP contribution in [0, 0.1) is 12.8 Å². The molecule has 3 aromatic rings. The van der Waals surface area contributed by atoms with Gasteiger partial charge in [-0.1, -0.05) is 37.5 Å². The Morgan fingerprint density at radius 3 is 2.49 bits per heavy atom. The molecule has 6 nitrogen and oxygen atoms in total. The third-order valence-corrected chi connectivity index (χ3v) is 7.04. The Kier molecular flexibility index (Phi) is 8.11. The number of anilines is 1. The van der Waals surface area contributed by atoms with E-state index in [1.54, 1.807) is 18.9 Å². The summed E-state index contributed by atoms with van der Waals surface area (Å²) in [5, 5.41) is 4.90. The van der Waals surface area contributed by atoms with Crippen molar-refractivity contribution in [2.24, 2.45) is 5.92 Å². The quantitative estimate of drug-likeness (QED) is 0.357. The first kappa shape index (κ1) is 24.8. The number of benzene rings is 2. The maximum absolute atomic E-state index is 12.8. The van der Waals surface area contributed by atoms with Crippen LogP contribution in [0.5, 0.6) is 0 Å². The molecule has 6 heteroatoms. The van der Waals surface area contributed by atoms with Crippen molar-refractivity contribution < 1.29 is 18.7 Å². The number of carbonyl (C=O) groups excluding carboxylic acids is 2. The van der Waals surface area contributed by atoms with Gasteiger partial charge in [-0.3, -0.25) is 9.59 Å². The van der Waals surface area contributed by atoms with E-state index in [4.69, 9.17) is 9.15 Å². The molecule has 1 aliphatic carbocycles. The number of furan rings is 1. The predicted octanol–water partition coefficient (Wildman–Crippen LogP) is 6.50. The molecule has 1 amide bonds. The van der Waals surface area contributed by atoms with E-state index in [0.29, 0.717) is 24.6 Å². The average Bonchev–Trinajstić information content (AvgIpc) is 3.22. The SMILES string of the molecule is CCOC(=O)CCN(C)C(=O)c1ccc(NC(c2oc3ccccc3c2C)C2CCCCC2)cc1. The highest BCUT2D eigenvalue weighted by molar-refractivity contribution is 5.94. The lowest BCUT2D eigenvalue weighted by Crippen LogP contribution is -2.29. The molecule has 0 bridgehead atoms. The summed E-state index contributed by atoms with van der Waals surface area (Å²) in [6.07, 6.45) is 6.33. The summed E-state index contributed by atoms with van der Waals surface area (Å²) in [7, 11) is 1.71. The highest BCUT2D eigenvalue weighted by Gasteiger charge is 2.30. The zero-order valence-corrected chi connectivity index (χ0v) is 21.0. The van der Waals surface area contributed by atoms with Crippen molar-refractivity contribution >= 4 is 28.5 Å². The van der Waals surface area contributed by atoms with E-state index in [-0.39, 0.29) is 24.3 Å². The second-order valence-electron chi connectivity index (χ2n) is 9.47. The van der Waals surface area contributed by atoms with Gasteiger partial charge in [-0.25, -0.2) is 0 Å². The Hall–Kier alpha value is -3.28. The highest BCUT2D eigenvalue weighted by Crippen LogP contribution is 2.40. The van der Waals surface area contributed by atoms with Gasteiger partial charge in [0.05, 0.1) is 19.1 Å². The Balaban J connectivity index is 1.50. The summed E-state index contributed by atoms with van der Waals surface area (Å²) < 4.78 is 11.3. The van der Waals surface area contributed by atoms with Gasteiger partial charge in [-0.15, -0.1) is 0 Å². The number of hydrogen-bond donors (Lipinski definition) is 1. The molecule has 1 fully saturated rings. The molecular weight excluding hydrogens is 440 g/mol. The van der Waals surface area contributed by atoms with Crippen molar-refractivity contribution in [3.63, 3.8) is 0 Å². The number of rotatable bonds is 9. The van der Waals surface area contributed by atoms with E-state index in [1.165, 1.54) is 37.7 Å². The van der Waals surface area contributed by atoms with Crippen LogP contribution in [0.1, 0.15) is 73.2 Å². The fourth-order valence-corrected chi connectivity index (χ4v) is 5.06. The van der Waals surface area contributed by atoms with E-state index < -0.39 is 0 Å². The lowest BCUT2D eigenvalue weighted by atomic mass is 9.82. The molecule has 186 valence electrons. The number of para-hydroxylation sites is 1. The number of amides is 1. The van der Waals surface area contributed by atoms with Crippen molar-refractivity contribution in [2.75, 3.05) is 25.5 Å². The zero-order chi connectivity index (χ0) is 24.8. The van der Waals surface area contributed by atoms with Crippen molar-refractivity contribution in [3.05, 3.63) is 65.4 Å². The first-order chi connectivity index (χ1) is 17.0. The third-order valence-electron chi connectivity index (χ3n) is 7.04. The van der Waals surface area contributed by atoms with Gasteiger partial charge in [-0.05, 0) is 62.9 Å². The van der Waals surface area contributed by atoms with Crippen molar-refractivity contribution in [1.29, 1.82) is 0 Å². The van der Waals surface area contributed by atoms with Gasteiger partial charge in [0.2, 0.25) is 0 Å². The minimum absolute atomic E-state index is 0.0801. The monoisotopic (exact) mass is 476 g/mol. The minimum Gasteiger partial charge on any atom is -0.466 e. The molecular formula is C29H36N2O4. The maximum atomic E-state index is 12.8. The highest BCUT2D eigenvalue weighted by atomic mass is 16.5. The van der Waals surface area contributed by atoms with Crippen LogP contribution < -0.4 is 5.32 Å². The summed E-state index contributed by atoms with van der Waals surface area (Å²) in [4.78, 5) is 26.0. The molecule has 1 atom stereocenters. The second-order valence-corrected chi connectivity index (χ2v) is 9.47. The van der Waals surface area contributed by atoms with Gasteiger partial charge in [0.15, 0.2) is 0 Å². The summed E-state index contributed by atoms with van der Waals surface area (Å²) in [6, 6.07) is 15.9. The standard InChI is InChI=1S/C29H36N2O4/c1-4-34-26(32)18-19-31(3)29(33)22-14-16-23(17-15-22)30-27(21-10-6-5-7-11-21)28-20(2)24-12-8-9-13-25(24)35-28/h8-9,12-17,21,27,30H,4-7,10-11,18-19H2,1-3H3. The molecule has 1 unspecified atom stereocenters. The number of hydrogen-bond acceptors (Lipinski definition) is 5. The van der Waals surface area contributed by atoms with Crippen LogP contribution in [0.3, 0.4) is 0 Å². The molecule has 1 saturated carbocycles. The van der Waals surface area contributed by atoms with Crippen LogP contribution in [-0.2, 0) is 9.53 Å². The zero-order valence-electron chi connectivity index (χ0n) is 21.0. The first-order valence-electron chi connectivity index (χ1n) is 12.7. The van der Waals surface area contributed by atoms with E-state index in [1.807, 2.05) is 36.4 Å². The fraction of sp³-hybridized carbons (Fsp3) is 0.448. The van der Waals surface area contributed by atoms with Crippen molar-refractivity contribution in [2.45, 2.75) is 58.4 Å². The van der Waals surface area contributed by atoms with Crippen LogP contribution in [0.15, 0.2) is 52.9 Å². The van der Waals surface area contributed by atoms with Crippen LogP contribution >= 0.6 is 0 Å². The smallest absolute Gasteiger partial charge is 0.307 e. The van der Waals surface area contributed by atoms with E-state index >= 15 is 0 Å². The van der Waals surface area contributed by atoms with Crippen molar-refractivity contribution in [1.82, 2.24) is 4.90 Å². The maximum Gasteiger partial charge on any atom is 0.307 e. The molecule has 0 saturated heterocycles. The second kappa shape index (κ2) is 11.4. The Bertz CT molecular complexity index is 1150. The third kappa shape index (κ3) is 5.87. The van der Waals surface area contributed by atoms with Crippen LogP contribution in [0.2, 0.25) is 0 Å². The molecule has 1 heterocycles. The molecule has 1 aliphatic rings. The Labute approximate surface area is 207 Å². The molecule has 2 aromatic carbocycles. The number of ether oxygens (including phenoxy) is 1. The number of esters is 1. The van der Waals surface area contributed by atoms with Gasteiger partial charge in [-0.2, -0.15) is 0 Å². The normalized spacial score (nSPS) is 15.1. The number of fused-ring (bicyclic) bond motifs is 1. The van der Waals surface area contributed by atoms with Crippen LogP contribution in [0.4, 0.5) is 5.69 Å². The molecule has 1 aromatic heterocycles. The summed E-state index contributed by atoms with van der Waals surface area (Å²) in [5.41, 5.74) is 3.68. The lowest BCUT2D eigenvalue weighted by Gasteiger charge is -2.31. The molecule has 4 rings (SSSR count). The molecule has 35 heavy (non-hydrogen) atoms. The molecule has 0 spiro atoms. The summed E-state index contributed by atoms with van der Waals surface area (Å²) >= 11 is 0. The van der Waals surface area contributed by atoms with Crippen LogP contribution in [-0.4, -0.2) is 37.0 Å². The van der Waals surface area contributed by atoms with Crippen LogP contribution in [0.25, 0.3) is 11.0 Å². The number of aryl methyl sites for hydroxylation is 1. The molecule has 0 aliphatic heterocycles. The first-order valence-corrected chi connectivity index (χ1v) is 12.7. The van der Waals surface area contributed by atoms with Crippen molar-refractivity contribution in [3.8, 4) is 0 Å².